The second-order valence-electron chi connectivity index (χ2n) is 4.45. The molecule has 0 heterocycles. The molecule has 7 nitrogen and oxygen atoms in total. The second kappa shape index (κ2) is 9.51. The summed E-state index contributed by atoms with van der Waals surface area (Å²) in [7, 11) is 0. The lowest BCUT2D eigenvalue weighted by Crippen LogP contribution is -2.44. The van der Waals surface area contributed by atoms with Gasteiger partial charge in [-0.25, -0.2) is 4.79 Å². The van der Waals surface area contributed by atoms with Crippen molar-refractivity contribution in [3.63, 3.8) is 0 Å². The maximum atomic E-state index is 11.6. The molecular weight excluding hydrogens is 290 g/mol. The first-order valence-corrected chi connectivity index (χ1v) is 6.82. The highest BCUT2D eigenvalue weighted by Crippen LogP contribution is 2.01. The third-order valence-electron chi connectivity index (χ3n) is 2.65. The Hall–Kier alpha value is -2.41. The van der Waals surface area contributed by atoms with Gasteiger partial charge in [0, 0.05) is 0 Å². The zero-order chi connectivity index (χ0) is 16.4. The number of carbonyl (C=O) groups excluding carboxylic acids is 2. The third kappa shape index (κ3) is 6.85. The van der Waals surface area contributed by atoms with Gasteiger partial charge < -0.3 is 19.9 Å². The molecule has 0 bridgehead atoms. The number of carboxylic acid groups (broad SMARTS) is 1. The Morgan fingerprint density at radius 3 is 2.50 bits per heavy atom. The standard InChI is InChI=1S/C15H19NO6/c1-2-22-14(18)8-12(15(19)20)16-13(17)10-21-9-11-6-4-3-5-7-11/h3-7,12H,2,8-10H2,1H3,(H,16,17)(H,19,20)/t12-/m1/s1. The van der Waals surface area contributed by atoms with Gasteiger partial charge in [-0.05, 0) is 12.5 Å². The largest absolute Gasteiger partial charge is 0.480 e. The van der Waals surface area contributed by atoms with Gasteiger partial charge in [-0.1, -0.05) is 30.3 Å². The Morgan fingerprint density at radius 2 is 1.91 bits per heavy atom. The molecule has 0 saturated heterocycles. The topological polar surface area (TPSA) is 102 Å². The summed E-state index contributed by atoms with van der Waals surface area (Å²) in [5.74, 6) is -2.59. The number of benzene rings is 1. The van der Waals surface area contributed by atoms with Gasteiger partial charge in [-0.2, -0.15) is 0 Å². The van der Waals surface area contributed by atoms with E-state index in [1.54, 1.807) is 6.92 Å². The minimum atomic E-state index is -1.33. The number of carbonyl (C=O) groups is 3. The minimum Gasteiger partial charge on any atom is -0.480 e. The fourth-order valence-corrected chi connectivity index (χ4v) is 1.66. The summed E-state index contributed by atoms with van der Waals surface area (Å²) in [4.78, 5) is 33.9. The molecule has 0 fully saturated rings. The van der Waals surface area contributed by atoms with Crippen molar-refractivity contribution in [2.75, 3.05) is 13.2 Å². The van der Waals surface area contributed by atoms with Gasteiger partial charge in [0.25, 0.3) is 0 Å². The van der Waals surface area contributed by atoms with Crippen LogP contribution in [0.2, 0.25) is 0 Å². The van der Waals surface area contributed by atoms with E-state index in [0.717, 1.165) is 5.56 Å². The molecular formula is C15H19NO6. The van der Waals surface area contributed by atoms with Crippen LogP contribution in [-0.2, 0) is 30.5 Å². The summed E-state index contributed by atoms with van der Waals surface area (Å²) in [5, 5.41) is 11.2. The van der Waals surface area contributed by atoms with Crippen molar-refractivity contribution in [3.8, 4) is 0 Å². The van der Waals surface area contributed by atoms with E-state index < -0.39 is 30.3 Å². The molecule has 0 aliphatic heterocycles. The number of ether oxygens (including phenoxy) is 2. The van der Waals surface area contributed by atoms with Gasteiger partial charge in [0.2, 0.25) is 5.91 Å². The highest BCUT2D eigenvalue weighted by Gasteiger charge is 2.23. The maximum Gasteiger partial charge on any atom is 0.326 e. The van der Waals surface area contributed by atoms with Crippen LogP contribution in [0.1, 0.15) is 18.9 Å². The molecule has 1 rings (SSSR count). The number of aliphatic carboxylic acids is 1. The molecule has 0 unspecified atom stereocenters. The molecule has 1 amide bonds. The first kappa shape index (κ1) is 17.6. The first-order chi connectivity index (χ1) is 10.5. The number of hydrogen-bond donors (Lipinski definition) is 2. The average molecular weight is 309 g/mol. The van der Waals surface area contributed by atoms with Crippen LogP contribution in [0.3, 0.4) is 0 Å². The van der Waals surface area contributed by atoms with E-state index in [4.69, 9.17) is 9.84 Å². The second-order valence-corrected chi connectivity index (χ2v) is 4.45. The predicted molar refractivity (Wildman–Crippen MR) is 76.9 cm³/mol. The normalized spacial score (nSPS) is 11.5. The van der Waals surface area contributed by atoms with Crippen molar-refractivity contribution in [3.05, 3.63) is 35.9 Å². The van der Waals surface area contributed by atoms with Crippen LogP contribution in [0, 0.1) is 0 Å². The fourth-order valence-electron chi connectivity index (χ4n) is 1.66. The first-order valence-electron chi connectivity index (χ1n) is 6.82. The molecule has 1 aromatic rings. The van der Waals surface area contributed by atoms with Crippen LogP contribution in [-0.4, -0.2) is 42.2 Å². The van der Waals surface area contributed by atoms with Crippen LogP contribution >= 0.6 is 0 Å². The van der Waals surface area contributed by atoms with Gasteiger partial charge in [0.1, 0.15) is 12.6 Å². The quantitative estimate of drug-likeness (QED) is 0.652. The van der Waals surface area contributed by atoms with Crippen molar-refractivity contribution in [1.82, 2.24) is 5.32 Å². The molecule has 0 radical (unpaired) electrons. The van der Waals surface area contributed by atoms with Crippen molar-refractivity contribution >= 4 is 17.8 Å². The van der Waals surface area contributed by atoms with Crippen LogP contribution in [0.4, 0.5) is 0 Å². The summed E-state index contributed by atoms with van der Waals surface area (Å²) in [6, 6.07) is 7.92. The van der Waals surface area contributed by atoms with Gasteiger partial charge in [0.05, 0.1) is 19.6 Å². The van der Waals surface area contributed by atoms with Crippen molar-refractivity contribution in [1.29, 1.82) is 0 Å². The Labute approximate surface area is 128 Å². The molecule has 1 atom stereocenters. The highest BCUT2D eigenvalue weighted by molar-refractivity contribution is 5.87. The number of rotatable bonds is 9. The number of nitrogens with one attached hydrogen (secondary N) is 1. The number of carboxylic acids is 1. The Morgan fingerprint density at radius 1 is 1.23 bits per heavy atom. The molecule has 2 N–H and O–H groups in total. The van der Waals surface area contributed by atoms with Crippen LogP contribution in [0.25, 0.3) is 0 Å². The summed E-state index contributed by atoms with van der Waals surface area (Å²) in [6.45, 7) is 1.72. The SMILES string of the molecule is CCOC(=O)C[C@@H](NC(=O)COCc1ccccc1)C(=O)O. The lowest BCUT2D eigenvalue weighted by Gasteiger charge is -2.13. The maximum absolute atomic E-state index is 11.6. The number of amides is 1. The molecule has 120 valence electrons. The minimum absolute atomic E-state index is 0.152. The van der Waals surface area contributed by atoms with E-state index in [-0.39, 0.29) is 19.8 Å². The van der Waals surface area contributed by atoms with Crippen LogP contribution < -0.4 is 5.32 Å². The third-order valence-corrected chi connectivity index (χ3v) is 2.65. The van der Waals surface area contributed by atoms with E-state index in [0.29, 0.717) is 0 Å². The fraction of sp³-hybridized carbons (Fsp3) is 0.400. The smallest absolute Gasteiger partial charge is 0.326 e. The zero-order valence-electron chi connectivity index (χ0n) is 12.3. The van der Waals surface area contributed by atoms with E-state index in [9.17, 15) is 14.4 Å². The molecule has 0 spiro atoms. The van der Waals surface area contributed by atoms with Gasteiger partial charge in [-0.3, -0.25) is 9.59 Å². The van der Waals surface area contributed by atoms with E-state index in [1.807, 2.05) is 30.3 Å². The van der Waals surface area contributed by atoms with Gasteiger partial charge in [-0.15, -0.1) is 0 Å². The highest BCUT2D eigenvalue weighted by atomic mass is 16.5. The summed E-state index contributed by atoms with van der Waals surface area (Å²) >= 11 is 0. The number of esters is 1. The lowest BCUT2D eigenvalue weighted by molar-refractivity contribution is -0.150. The van der Waals surface area contributed by atoms with Crippen molar-refractivity contribution < 1.29 is 29.0 Å². The zero-order valence-corrected chi connectivity index (χ0v) is 12.3. The van der Waals surface area contributed by atoms with Gasteiger partial charge in [0.15, 0.2) is 0 Å². The predicted octanol–water partition coefficient (Wildman–Crippen LogP) is 0.726. The molecule has 1 aromatic carbocycles. The summed E-state index contributed by atoms with van der Waals surface area (Å²) < 4.78 is 9.85. The molecule has 0 aliphatic carbocycles. The molecule has 0 saturated carbocycles. The van der Waals surface area contributed by atoms with Crippen molar-refractivity contribution in [2.24, 2.45) is 0 Å². The van der Waals surface area contributed by atoms with Crippen LogP contribution in [0.15, 0.2) is 30.3 Å². The van der Waals surface area contributed by atoms with Gasteiger partial charge >= 0.3 is 11.9 Å². The molecule has 0 aromatic heterocycles. The van der Waals surface area contributed by atoms with Crippen molar-refractivity contribution in [2.45, 2.75) is 26.0 Å². The Balaban J connectivity index is 2.37. The molecule has 0 aliphatic rings. The van der Waals surface area contributed by atoms with E-state index >= 15 is 0 Å². The Kier molecular flexibility index (Phi) is 7.63. The lowest BCUT2D eigenvalue weighted by atomic mass is 10.2. The van der Waals surface area contributed by atoms with E-state index in [2.05, 4.69) is 10.1 Å². The summed E-state index contributed by atoms with van der Waals surface area (Å²) in [6.07, 6.45) is -0.423. The summed E-state index contributed by atoms with van der Waals surface area (Å²) in [5.41, 5.74) is 0.900. The van der Waals surface area contributed by atoms with Crippen LogP contribution in [0.5, 0.6) is 0 Å². The molecule has 22 heavy (non-hydrogen) atoms. The average Bonchev–Trinajstić information content (AvgIpc) is 2.48. The van der Waals surface area contributed by atoms with E-state index in [1.165, 1.54) is 0 Å². The monoisotopic (exact) mass is 309 g/mol. The Bertz CT molecular complexity index is 502. The number of hydrogen-bond acceptors (Lipinski definition) is 5. The molecule has 7 heteroatoms.